The SMILES string of the molecule is CN[C@@H]1CCN(c2ccc(N)nn2)C[C@@H]1F. The van der Waals surface area contributed by atoms with Crippen LogP contribution >= 0.6 is 0 Å². The Morgan fingerprint density at radius 2 is 2.31 bits per heavy atom. The Morgan fingerprint density at radius 3 is 2.88 bits per heavy atom. The van der Waals surface area contributed by atoms with Gasteiger partial charge in [0, 0.05) is 12.6 Å². The fourth-order valence-corrected chi connectivity index (χ4v) is 1.94. The summed E-state index contributed by atoms with van der Waals surface area (Å²) in [7, 11) is 1.79. The highest BCUT2D eigenvalue weighted by Crippen LogP contribution is 2.19. The molecule has 0 aliphatic carbocycles. The van der Waals surface area contributed by atoms with Crippen molar-refractivity contribution in [1.29, 1.82) is 0 Å². The number of alkyl halides is 1. The first kappa shape index (κ1) is 11.1. The van der Waals surface area contributed by atoms with E-state index < -0.39 is 6.17 Å². The van der Waals surface area contributed by atoms with Crippen LogP contribution in [0.2, 0.25) is 0 Å². The van der Waals surface area contributed by atoms with Gasteiger partial charge in [0.15, 0.2) is 5.82 Å². The third kappa shape index (κ3) is 2.21. The fourth-order valence-electron chi connectivity index (χ4n) is 1.94. The van der Waals surface area contributed by atoms with Gasteiger partial charge < -0.3 is 16.0 Å². The molecule has 0 amide bonds. The van der Waals surface area contributed by atoms with Gasteiger partial charge in [-0.3, -0.25) is 0 Å². The molecule has 88 valence electrons. The summed E-state index contributed by atoms with van der Waals surface area (Å²) in [5.74, 6) is 1.07. The van der Waals surface area contributed by atoms with Gasteiger partial charge in [-0.25, -0.2) is 4.39 Å². The molecule has 5 nitrogen and oxygen atoms in total. The molecule has 1 aromatic rings. The Bertz CT molecular complexity index is 342. The van der Waals surface area contributed by atoms with E-state index in [9.17, 15) is 4.39 Å². The average Bonchev–Trinajstić information content (AvgIpc) is 2.30. The van der Waals surface area contributed by atoms with Crippen molar-refractivity contribution in [2.75, 3.05) is 30.8 Å². The van der Waals surface area contributed by atoms with Crippen molar-refractivity contribution in [2.24, 2.45) is 0 Å². The van der Waals surface area contributed by atoms with Gasteiger partial charge >= 0.3 is 0 Å². The van der Waals surface area contributed by atoms with Crippen LogP contribution in [0.1, 0.15) is 6.42 Å². The number of nitrogens with two attached hydrogens (primary N) is 1. The van der Waals surface area contributed by atoms with Crippen LogP contribution in [0.4, 0.5) is 16.0 Å². The first-order valence-corrected chi connectivity index (χ1v) is 5.36. The molecule has 2 heterocycles. The lowest BCUT2D eigenvalue weighted by Gasteiger charge is -2.34. The third-order valence-corrected chi connectivity index (χ3v) is 2.91. The number of piperidine rings is 1. The van der Waals surface area contributed by atoms with Crippen molar-refractivity contribution in [1.82, 2.24) is 15.5 Å². The Kier molecular flexibility index (Phi) is 3.19. The summed E-state index contributed by atoms with van der Waals surface area (Å²) in [5.41, 5.74) is 5.45. The number of aromatic nitrogens is 2. The Morgan fingerprint density at radius 1 is 1.50 bits per heavy atom. The molecule has 0 bridgehead atoms. The predicted octanol–water partition coefficient (Wildman–Crippen LogP) is 0.195. The normalized spacial score (nSPS) is 25.8. The zero-order valence-electron chi connectivity index (χ0n) is 9.23. The lowest BCUT2D eigenvalue weighted by Crippen LogP contribution is -2.50. The van der Waals surface area contributed by atoms with Crippen molar-refractivity contribution >= 4 is 11.6 Å². The fraction of sp³-hybridized carbons (Fsp3) is 0.600. The van der Waals surface area contributed by atoms with Crippen LogP contribution in [0, 0.1) is 0 Å². The molecule has 2 rings (SSSR count). The van der Waals surface area contributed by atoms with E-state index in [0.717, 1.165) is 13.0 Å². The van der Waals surface area contributed by atoms with Crippen molar-refractivity contribution in [3.05, 3.63) is 12.1 Å². The van der Waals surface area contributed by atoms with Crippen LogP contribution in [0.15, 0.2) is 12.1 Å². The summed E-state index contributed by atoms with van der Waals surface area (Å²) in [5, 5.41) is 10.7. The van der Waals surface area contributed by atoms with Crippen LogP contribution < -0.4 is 16.0 Å². The Labute approximate surface area is 93.8 Å². The lowest BCUT2D eigenvalue weighted by atomic mass is 10.0. The molecule has 0 spiro atoms. The number of nitrogen functional groups attached to an aromatic ring is 1. The average molecular weight is 225 g/mol. The van der Waals surface area contributed by atoms with E-state index in [1.54, 1.807) is 19.2 Å². The summed E-state index contributed by atoms with van der Waals surface area (Å²) in [4.78, 5) is 1.89. The maximum Gasteiger partial charge on any atom is 0.151 e. The zero-order valence-corrected chi connectivity index (χ0v) is 9.23. The molecule has 1 aliphatic heterocycles. The number of halogens is 1. The Balaban J connectivity index is 2.04. The maximum absolute atomic E-state index is 13.7. The zero-order chi connectivity index (χ0) is 11.5. The summed E-state index contributed by atoms with van der Waals surface area (Å²) in [6.45, 7) is 1.13. The standard InChI is InChI=1S/C10H16FN5/c1-13-8-4-5-16(6-7(8)11)10-3-2-9(12)14-15-10/h2-3,7-8,13H,4-6H2,1H3,(H2,12,14)/t7-,8+/m0/s1. The summed E-state index contributed by atoms with van der Waals surface area (Å²) >= 11 is 0. The van der Waals surface area contributed by atoms with Gasteiger partial charge in [0.25, 0.3) is 0 Å². The molecule has 1 aliphatic rings. The number of hydrogen-bond acceptors (Lipinski definition) is 5. The van der Waals surface area contributed by atoms with E-state index in [-0.39, 0.29) is 6.04 Å². The smallest absolute Gasteiger partial charge is 0.151 e. The second kappa shape index (κ2) is 4.61. The minimum absolute atomic E-state index is 0.0574. The van der Waals surface area contributed by atoms with Crippen LogP contribution in [0.25, 0.3) is 0 Å². The highest BCUT2D eigenvalue weighted by Gasteiger charge is 2.28. The largest absolute Gasteiger partial charge is 0.382 e. The monoisotopic (exact) mass is 225 g/mol. The van der Waals surface area contributed by atoms with E-state index in [4.69, 9.17) is 5.73 Å². The second-order valence-corrected chi connectivity index (χ2v) is 3.96. The van der Waals surface area contributed by atoms with E-state index in [1.165, 1.54) is 0 Å². The molecular weight excluding hydrogens is 209 g/mol. The number of rotatable bonds is 2. The lowest BCUT2D eigenvalue weighted by molar-refractivity contribution is 0.227. The van der Waals surface area contributed by atoms with Crippen LogP contribution in [0.3, 0.4) is 0 Å². The summed E-state index contributed by atoms with van der Waals surface area (Å²) < 4.78 is 13.7. The summed E-state index contributed by atoms with van der Waals surface area (Å²) in [6, 6.07) is 3.40. The predicted molar refractivity (Wildman–Crippen MR) is 61.0 cm³/mol. The van der Waals surface area contributed by atoms with Crippen molar-refractivity contribution in [3.63, 3.8) is 0 Å². The first-order chi connectivity index (χ1) is 7.70. The minimum atomic E-state index is -0.877. The first-order valence-electron chi connectivity index (χ1n) is 5.36. The van der Waals surface area contributed by atoms with Crippen molar-refractivity contribution < 1.29 is 4.39 Å². The minimum Gasteiger partial charge on any atom is -0.382 e. The molecule has 2 atom stereocenters. The van der Waals surface area contributed by atoms with Gasteiger partial charge in [-0.2, -0.15) is 0 Å². The van der Waals surface area contributed by atoms with Gasteiger partial charge in [-0.05, 0) is 25.6 Å². The number of nitrogens with zero attached hydrogens (tertiary/aromatic N) is 3. The van der Waals surface area contributed by atoms with Gasteiger partial charge in [0.05, 0.1) is 6.54 Å². The third-order valence-electron chi connectivity index (χ3n) is 2.91. The van der Waals surface area contributed by atoms with E-state index in [1.807, 2.05) is 4.90 Å². The second-order valence-electron chi connectivity index (χ2n) is 3.96. The Hall–Kier alpha value is -1.43. The molecule has 0 radical (unpaired) electrons. The molecular formula is C10H16FN5. The van der Waals surface area contributed by atoms with Crippen LogP contribution in [0.5, 0.6) is 0 Å². The van der Waals surface area contributed by atoms with Crippen molar-refractivity contribution in [2.45, 2.75) is 18.6 Å². The molecule has 1 aromatic heterocycles. The quantitative estimate of drug-likeness (QED) is 0.752. The number of hydrogen-bond donors (Lipinski definition) is 2. The van der Waals surface area contributed by atoms with Crippen molar-refractivity contribution in [3.8, 4) is 0 Å². The van der Waals surface area contributed by atoms with Crippen LogP contribution in [-0.4, -0.2) is 42.5 Å². The molecule has 16 heavy (non-hydrogen) atoms. The van der Waals surface area contributed by atoms with Crippen LogP contribution in [-0.2, 0) is 0 Å². The van der Waals surface area contributed by atoms with Gasteiger partial charge in [0.2, 0.25) is 0 Å². The van der Waals surface area contributed by atoms with Gasteiger partial charge in [0.1, 0.15) is 12.0 Å². The molecule has 0 saturated carbocycles. The van der Waals surface area contributed by atoms with E-state index >= 15 is 0 Å². The maximum atomic E-state index is 13.7. The number of anilines is 2. The molecule has 0 aromatic carbocycles. The topological polar surface area (TPSA) is 67.1 Å². The molecule has 6 heteroatoms. The highest BCUT2D eigenvalue weighted by molar-refractivity contribution is 5.42. The number of nitrogens with one attached hydrogen (secondary N) is 1. The van der Waals surface area contributed by atoms with Gasteiger partial charge in [-0.1, -0.05) is 0 Å². The molecule has 0 unspecified atom stereocenters. The summed E-state index contributed by atoms with van der Waals surface area (Å²) in [6.07, 6.45) is -0.109. The van der Waals surface area contributed by atoms with Gasteiger partial charge in [-0.15, -0.1) is 10.2 Å². The highest BCUT2D eigenvalue weighted by atomic mass is 19.1. The molecule has 1 fully saturated rings. The van der Waals surface area contributed by atoms with E-state index in [2.05, 4.69) is 15.5 Å². The molecule has 1 saturated heterocycles. The van der Waals surface area contributed by atoms with E-state index in [0.29, 0.717) is 18.2 Å². The molecule has 3 N–H and O–H groups in total.